The third-order valence-electron chi connectivity index (χ3n) is 4.11. The molecule has 1 heterocycles. The second-order valence-corrected chi connectivity index (χ2v) is 5.92. The van der Waals surface area contributed by atoms with Crippen molar-refractivity contribution in [3.63, 3.8) is 0 Å². The SMILES string of the molecule is CC[C@H](C)[C@H](NC(=O)COC(=O)Cc1noc2ccccc12)C(=O)OC. The predicted octanol–water partition coefficient (Wildman–Crippen LogP) is 1.62. The van der Waals surface area contributed by atoms with Crippen LogP contribution < -0.4 is 5.32 Å². The molecule has 0 aliphatic rings. The van der Waals surface area contributed by atoms with E-state index in [0.717, 1.165) is 5.39 Å². The summed E-state index contributed by atoms with van der Waals surface area (Å²) in [6.45, 7) is 3.23. The Morgan fingerprint density at radius 3 is 2.69 bits per heavy atom. The highest BCUT2D eigenvalue weighted by Crippen LogP contribution is 2.18. The van der Waals surface area contributed by atoms with E-state index < -0.39 is 30.5 Å². The van der Waals surface area contributed by atoms with Crippen molar-refractivity contribution in [2.45, 2.75) is 32.7 Å². The molecular weight excluding hydrogens is 340 g/mol. The van der Waals surface area contributed by atoms with Crippen LogP contribution in [0.3, 0.4) is 0 Å². The third-order valence-corrected chi connectivity index (χ3v) is 4.11. The summed E-state index contributed by atoms with van der Waals surface area (Å²) in [6.07, 6.45) is 0.565. The van der Waals surface area contributed by atoms with Crippen LogP contribution in [0.15, 0.2) is 28.8 Å². The van der Waals surface area contributed by atoms with Crippen molar-refractivity contribution in [2.24, 2.45) is 5.92 Å². The Morgan fingerprint density at radius 1 is 1.27 bits per heavy atom. The molecule has 8 heteroatoms. The number of nitrogens with one attached hydrogen (secondary N) is 1. The van der Waals surface area contributed by atoms with Gasteiger partial charge >= 0.3 is 11.9 Å². The predicted molar refractivity (Wildman–Crippen MR) is 92.1 cm³/mol. The minimum atomic E-state index is -0.782. The van der Waals surface area contributed by atoms with Gasteiger partial charge in [-0.1, -0.05) is 37.6 Å². The number of hydrogen-bond acceptors (Lipinski definition) is 7. The van der Waals surface area contributed by atoms with Gasteiger partial charge in [-0.05, 0) is 18.1 Å². The lowest BCUT2D eigenvalue weighted by molar-refractivity contribution is -0.150. The van der Waals surface area contributed by atoms with Gasteiger partial charge in [-0.25, -0.2) is 4.79 Å². The van der Waals surface area contributed by atoms with Gasteiger partial charge in [-0.15, -0.1) is 0 Å². The summed E-state index contributed by atoms with van der Waals surface area (Å²) in [5, 5.41) is 7.10. The van der Waals surface area contributed by atoms with Gasteiger partial charge < -0.3 is 19.3 Å². The van der Waals surface area contributed by atoms with E-state index >= 15 is 0 Å². The molecule has 1 amide bonds. The van der Waals surface area contributed by atoms with E-state index in [1.807, 2.05) is 19.9 Å². The zero-order valence-electron chi connectivity index (χ0n) is 15.0. The Balaban J connectivity index is 1.88. The Morgan fingerprint density at radius 2 is 2.00 bits per heavy atom. The summed E-state index contributed by atoms with van der Waals surface area (Å²) in [6, 6.07) is 6.36. The number of benzene rings is 1. The molecule has 1 aromatic carbocycles. The van der Waals surface area contributed by atoms with Gasteiger partial charge in [0.1, 0.15) is 11.7 Å². The van der Waals surface area contributed by atoms with Crippen LogP contribution in [0.1, 0.15) is 26.0 Å². The summed E-state index contributed by atoms with van der Waals surface area (Å²) < 4.78 is 14.8. The lowest BCUT2D eigenvalue weighted by atomic mass is 9.99. The van der Waals surface area contributed by atoms with Crippen molar-refractivity contribution in [2.75, 3.05) is 13.7 Å². The molecule has 0 aliphatic heterocycles. The van der Waals surface area contributed by atoms with E-state index in [-0.39, 0.29) is 12.3 Å². The average Bonchev–Trinajstić information content (AvgIpc) is 3.06. The second kappa shape index (κ2) is 8.98. The molecule has 0 bridgehead atoms. The fourth-order valence-corrected chi connectivity index (χ4v) is 2.41. The number of amides is 1. The molecule has 140 valence electrons. The van der Waals surface area contributed by atoms with E-state index in [4.69, 9.17) is 14.0 Å². The third kappa shape index (κ3) is 4.81. The largest absolute Gasteiger partial charge is 0.467 e. The van der Waals surface area contributed by atoms with E-state index in [0.29, 0.717) is 17.7 Å². The summed E-state index contributed by atoms with van der Waals surface area (Å²) in [5.74, 6) is -1.83. The normalized spacial score (nSPS) is 13.0. The number of rotatable bonds is 8. The highest BCUT2D eigenvalue weighted by Gasteiger charge is 2.27. The molecule has 0 radical (unpaired) electrons. The highest BCUT2D eigenvalue weighted by molar-refractivity contribution is 5.87. The number of fused-ring (bicyclic) bond motifs is 1. The maximum absolute atomic E-state index is 12.0. The molecule has 2 rings (SSSR count). The van der Waals surface area contributed by atoms with Crippen LogP contribution in [0, 0.1) is 5.92 Å². The van der Waals surface area contributed by atoms with Crippen LogP contribution >= 0.6 is 0 Å². The van der Waals surface area contributed by atoms with E-state index in [1.54, 1.807) is 18.2 Å². The molecule has 0 saturated carbocycles. The number of aromatic nitrogens is 1. The fourth-order valence-electron chi connectivity index (χ4n) is 2.41. The number of carbonyl (C=O) groups is 3. The first-order valence-electron chi connectivity index (χ1n) is 8.32. The molecule has 2 aromatic rings. The van der Waals surface area contributed by atoms with Crippen molar-refractivity contribution < 1.29 is 28.4 Å². The smallest absolute Gasteiger partial charge is 0.328 e. The fraction of sp³-hybridized carbons (Fsp3) is 0.444. The minimum absolute atomic E-state index is 0.108. The summed E-state index contributed by atoms with van der Waals surface area (Å²) in [4.78, 5) is 35.7. The van der Waals surface area contributed by atoms with Crippen molar-refractivity contribution >= 4 is 28.8 Å². The number of nitrogens with zero attached hydrogens (tertiary/aromatic N) is 1. The van der Waals surface area contributed by atoms with E-state index in [9.17, 15) is 14.4 Å². The monoisotopic (exact) mass is 362 g/mol. The Labute approximate surface area is 150 Å². The lowest BCUT2D eigenvalue weighted by Crippen LogP contribution is -2.47. The molecule has 1 N–H and O–H groups in total. The highest BCUT2D eigenvalue weighted by atomic mass is 16.5. The van der Waals surface area contributed by atoms with Crippen molar-refractivity contribution in [3.05, 3.63) is 30.0 Å². The van der Waals surface area contributed by atoms with Crippen molar-refractivity contribution in [1.82, 2.24) is 10.5 Å². The molecule has 0 unspecified atom stereocenters. The summed E-state index contributed by atoms with van der Waals surface area (Å²) in [7, 11) is 1.26. The van der Waals surface area contributed by atoms with E-state index in [1.165, 1.54) is 7.11 Å². The molecule has 0 aliphatic carbocycles. The standard InChI is InChI=1S/C18H22N2O6/c1-4-11(2)17(18(23)24-3)19-15(21)10-25-16(22)9-13-12-7-5-6-8-14(12)26-20-13/h5-8,11,17H,4,9-10H2,1-3H3,(H,19,21)/t11-,17-/m0/s1. The maximum atomic E-state index is 12.0. The number of ether oxygens (including phenoxy) is 2. The lowest BCUT2D eigenvalue weighted by Gasteiger charge is -2.21. The second-order valence-electron chi connectivity index (χ2n) is 5.92. The molecule has 26 heavy (non-hydrogen) atoms. The molecule has 0 spiro atoms. The van der Waals surface area contributed by atoms with Crippen LogP contribution in [0.5, 0.6) is 0 Å². The molecule has 0 fully saturated rings. The number of methoxy groups -OCH3 is 1. The van der Waals surface area contributed by atoms with Crippen molar-refractivity contribution in [1.29, 1.82) is 0 Å². The molecule has 8 nitrogen and oxygen atoms in total. The van der Waals surface area contributed by atoms with Crippen molar-refractivity contribution in [3.8, 4) is 0 Å². The zero-order valence-corrected chi connectivity index (χ0v) is 15.0. The Bertz CT molecular complexity index is 785. The number of hydrogen-bond donors (Lipinski definition) is 1. The van der Waals surface area contributed by atoms with Gasteiger partial charge in [0, 0.05) is 5.39 Å². The first kappa shape index (κ1) is 19.4. The van der Waals surface area contributed by atoms with Crippen LogP contribution in [0.25, 0.3) is 11.0 Å². The molecule has 0 saturated heterocycles. The van der Waals surface area contributed by atoms with Crippen LogP contribution in [-0.2, 0) is 30.3 Å². The van der Waals surface area contributed by atoms with Gasteiger partial charge in [0.2, 0.25) is 0 Å². The minimum Gasteiger partial charge on any atom is -0.467 e. The van der Waals surface area contributed by atoms with Gasteiger partial charge in [-0.2, -0.15) is 0 Å². The average molecular weight is 362 g/mol. The van der Waals surface area contributed by atoms with Gasteiger partial charge in [-0.3, -0.25) is 9.59 Å². The van der Waals surface area contributed by atoms with Crippen LogP contribution in [0.4, 0.5) is 0 Å². The first-order chi connectivity index (χ1) is 12.5. The molecule has 2 atom stereocenters. The number of esters is 2. The van der Waals surface area contributed by atoms with Gasteiger partial charge in [0.05, 0.1) is 13.5 Å². The van der Waals surface area contributed by atoms with E-state index in [2.05, 4.69) is 10.5 Å². The Kier molecular flexibility index (Phi) is 6.71. The maximum Gasteiger partial charge on any atom is 0.328 e. The topological polar surface area (TPSA) is 108 Å². The van der Waals surface area contributed by atoms with Gasteiger partial charge in [0.15, 0.2) is 12.2 Å². The first-order valence-corrected chi connectivity index (χ1v) is 8.32. The number of carbonyl (C=O) groups excluding carboxylic acids is 3. The quantitative estimate of drug-likeness (QED) is 0.711. The van der Waals surface area contributed by atoms with Crippen LogP contribution in [-0.4, -0.2) is 42.8 Å². The van der Waals surface area contributed by atoms with Gasteiger partial charge in [0.25, 0.3) is 5.91 Å². The Hall–Kier alpha value is -2.90. The molecule has 1 aromatic heterocycles. The summed E-state index contributed by atoms with van der Waals surface area (Å²) in [5.41, 5.74) is 1.01. The van der Waals surface area contributed by atoms with Crippen LogP contribution in [0.2, 0.25) is 0 Å². The molecular formula is C18H22N2O6. The summed E-state index contributed by atoms with van der Waals surface area (Å²) >= 11 is 0. The zero-order chi connectivity index (χ0) is 19.1. The number of para-hydroxylation sites is 1.